The highest BCUT2D eigenvalue weighted by Gasteiger charge is 2.39. The van der Waals surface area contributed by atoms with Crippen LogP contribution in [0.5, 0.6) is 0 Å². The van der Waals surface area contributed by atoms with Gasteiger partial charge >= 0.3 is 0 Å². The molecule has 178 valence electrons. The zero-order chi connectivity index (χ0) is 24.1. The number of nitrogens with zero attached hydrogens (tertiary/aromatic N) is 1. The van der Waals surface area contributed by atoms with Crippen LogP contribution in [0.2, 0.25) is 0 Å². The molecule has 0 radical (unpaired) electrons. The van der Waals surface area contributed by atoms with E-state index in [4.69, 9.17) is 0 Å². The quantitative estimate of drug-likeness (QED) is 0.443. The van der Waals surface area contributed by atoms with E-state index in [1.54, 1.807) is 24.3 Å². The normalized spacial score (nSPS) is 19.9. The average Bonchev–Trinajstić information content (AvgIpc) is 2.84. The Morgan fingerprint density at radius 1 is 0.794 bits per heavy atom. The highest BCUT2D eigenvalue weighted by molar-refractivity contribution is 6.06. The van der Waals surface area contributed by atoms with Gasteiger partial charge in [0.1, 0.15) is 11.2 Å². The van der Waals surface area contributed by atoms with Crippen molar-refractivity contribution in [2.45, 2.75) is 75.4 Å². The fourth-order valence-corrected chi connectivity index (χ4v) is 5.85. The maximum Gasteiger partial charge on any atom is 0.198 e. The second-order valence-corrected chi connectivity index (χ2v) is 10.2. The number of hydrogen-bond donors (Lipinski definition) is 2. The SMILES string of the molecule is Cn1c2ccc(C(=O)C3(O)CCCCC3)c(=O)c-2cc2cc(C(=O)C3(O)CCCCC3)ccc21. The lowest BCUT2D eigenvalue weighted by Gasteiger charge is -2.30. The van der Waals surface area contributed by atoms with Crippen molar-refractivity contribution in [2.24, 2.45) is 7.05 Å². The van der Waals surface area contributed by atoms with Gasteiger partial charge in [-0.25, -0.2) is 0 Å². The molecule has 2 fully saturated rings. The molecular formula is C28H31NO5. The Morgan fingerprint density at radius 3 is 2.00 bits per heavy atom. The molecule has 4 aliphatic rings. The Morgan fingerprint density at radius 2 is 1.38 bits per heavy atom. The molecule has 6 nitrogen and oxygen atoms in total. The van der Waals surface area contributed by atoms with Crippen molar-refractivity contribution in [2.75, 3.05) is 0 Å². The molecule has 0 saturated heterocycles. The Kier molecular flexibility index (Phi) is 5.69. The van der Waals surface area contributed by atoms with Crippen LogP contribution in [0.1, 0.15) is 84.9 Å². The van der Waals surface area contributed by atoms with E-state index in [0.717, 1.165) is 44.0 Å². The number of aryl methyl sites for hydroxylation is 1. The van der Waals surface area contributed by atoms with Gasteiger partial charge in [0.15, 0.2) is 17.0 Å². The van der Waals surface area contributed by atoms with Gasteiger partial charge in [0.05, 0.1) is 11.3 Å². The van der Waals surface area contributed by atoms with E-state index >= 15 is 0 Å². The zero-order valence-corrected chi connectivity index (χ0v) is 19.6. The van der Waals surface area contributed by atoms with Crippen LogP contribution in [0.4, 0.5) is 0 Å². The van der Waals surface area contributed by atoms with E-state index < -0.39 is 22.4 Å². The monoisotopic (exact) mass is 461 g/mol. The lowest BCUT2D eigenvalue weighted by molar-refractivity contribution is 0.0115. The minimum atomic E-state index is -1.47. The first-order valence-corrected chi connectivity index (χ1v) is 12.3. The summed E-state index contributed by atoms with van der Waals surface area (Å²) in [6, 6.07) is 10.3. The largest absolute Gasteiger partial charge is 0.382 e. The predicted molar refractivity (Wildman–Crippen MR) is 131 cm³/mol. The van der Waals surface area contributed by atoms with Crippen LogP contribution in [-0.4, -0.2) is 37.5 Å². The third-order valence-corrected chi connectivity index (χ3v) is 7.94. The van der Waals surface area contributed by atoms with Crippen molar-refractivity contribution < 1.29 is 19.8 Å². The van der Waals surface area contributed by atoms with Crippen LogP contribution in [0.15, 0.2) is 41.2 Å². The van der Waals surface area contributed by atoms with E-state index in [1.165, 1.54) is 6.07 Å². The van der Waals surface area contributed by atoms with Gasteiger partial charge in [-0.05, 0) is 67.5 Å². The predicted octanol–water partition coefficient (Wildman–Crippen LogP) is 4.40. The number of aromatic nitrogens is 1. The highest BCUT2D eigenvalue weighted by Crippen LogP contribution is 2.34. The lowest BCUT2D eigenvalue weighted by atomic mass is 9.79. The standard InChI is InChI=1S/C28H31NO5/c1-29-22-10-8-18(25(31)27(33)12-4-2-5-13-27)16-19(22)17-21-23(29)11-9-20(24(21)30)26(32)28(34)14-6-3-7-15-28/h8-11,16-17,33-34H,2-7,12-15H2,1H3. The van der Waals surface area contributed by atoms with Crippen LogP contribution in [0.3, 0.4) is 0 Å². The Hall–Kier alpha value is -2.83. The first-order valence-electron chi connectivity index (χ1n) is 12.3. The molecule has 1 aromatic rings. The topological polar surface area (TPSA) is 96.6 Å². The summed E-state index contributed by atoms with van der Waals surface area (Å²) < 4.78 is 1.87. The molecule has 1 heterocycles. The van der Waals surface area contributed by atoms with E-state index in [0.29, 0.717) is 47.9 Å². The van der Waals surface area contributed by atoms with Crippen LogP contribution in [0, 0.1) is 0 Å². The van der Waals surface area contributed by atoms with Gasteiger partial charge in [-0.3, -0.25) is 14.4 Å². The molecule has 1 aromatic carbocycles. The Labute approximate surface area is 198 Å². The molecule has 0 unspecified atom stereocenters. The second kappa shape index (κ2) is 8.43. The Balaban J connectivity index is 1.60. The number of pyridine rings is 1. The van der Waals surface area contributed by atoms with Crippen molar-refractivity contribution in [1.82, 2.24) is 4.57 Å². The molecule has 3 aliphatic carbocycles. The molecule has 0 amide bonds. The van der Waals surface area contributed by atoms with E-state index in [1.807, 2.05) is 17.7 Å². The lowest BCUT2D eigenvalue weighted by Crippen LogP contribution is -2.42. The number of fused-ring (bicyclic) bond motifs is 2. The summed E-state index contributed by atoms with van der Waals surface area (Å²) in [6.45, 7) is 0. The van der Waals surface area contributed by atoms with Crippen LogP contribution < -0.4 is 5.43 Å². The second-order valence-electron chi connectivity index (χ2n) is 10.2. The summed E-state index contributed by atoms with van der Waals surface area (Å²) in [5.74, 6) is -0.770. The highest BCUT2D eigenvalue weighted by atomic mass is 16.3. The number of Topliss-reactive ketones (excluding diaryl/α,β-unsaturated/α-hetero) is 2. The van der Waals surface area contributed by atoms with Crippen molar-refractivity contribution in [3.8, 4) is 11.3 Å². The number of carbonyl (C=O) groups is 2. The van der Waals surface area contributed by atoms with Crippen molar-refractivity contribution in [3.05, 3.63) is 57.7 Å². The molecule has 0 aromatic heterocycles. The Bertz CT molecular complexity index is 1310. The van der Waals surface area contributed by atoms with Gasteiger partial charge in [-0.15, -0.1) is 0 Å². The van der Waals surface area contributed by atoms with Gasteiger partial charge in [0.25, 0.3) is 0 Å². The number of aliphatic hydroxyl groups is 2. The first kappa shape index (κ1) is 22.9. The van der Waals surface area contributed by atoms with Gasteiger partial charge < -0.3 is 14.8 Å². The minimum Gasteiger partial charge on any atom is -0.382 e. The first-order chi connectivity index (χ1) is 16.2. The van der Waals surface area contributed by atoms with Crippen LogP contribution in [-0.2, 0) is 7.05 Å². The molecule has 2 N–H and O–H groups in total. The summed E-state index contributed by atoms with van der Waals surface area (Å²) in [6.07, 6.45) is 6.90. The number of rotatable bonds is 4. The molecule has 2 saturated carbocycles. The number of carbonyl (C=O) groups excluding carboxylic acids is 2. The van der Waals surface area contributed by atoms with Crippen LogP contribution in [0.25, 0.3) is 22.2 Å². The molecule has 5 rings (SSSR count). The molecule has 1 aliphatic heterocycles. The van der Waals surface area contributed by atoms with Gasteiger partial charge in [0, 0.05) is 23.7 Å². The number of hydrogen-bond acceptors (Lipinski definition) is 5. The molecule has 34 heavy (non-hydrogen) atoms. The molecule has 0 spiro atoms. The van der Waals surface area contributed by atoms with E-state index in [-0.39, 0.29) is 11.3 Å². The molecule has 0 atom stereocenters. The van der Waals surface area contributed by atoms with Crippen molar-refractivity contribution in [1.29, 1.82) is 0 Å². The van der Waals surface area contributed by atoms with Crippen molar-refractivity contribution in [3.63, 3.8) is 0 Å². The fourth-order valence-electron chi connectivity index (χ4n) is 5.85. The van der Waals surface area contributed by atoms with Crippen LogP contribution >= 0.6 is 0 Å². The molecule has 0 bridgehead atoms. The van der Waals surface area contributed by atoms with Gasteiger partial charge in [0.2, 0.25) is 0 Å². The molecular weight excluding hydrogens is 430 g/mol. The third-order valence-electron chi connectivity index (χ3n) is 7.94. The number of benzene rings is 2. The summed E-state index contributed by atoms with van der Waals surface area (Å²) in [5, 5.41) is 22.5. The third kappa shape index (κ3) is 3.69. The zero-order valence-electron chi connectivity index (χ0n) is 19.6. The maximum absolute atomic E-state index is 13.4. The fraction of sp³-hybridized carbons (Fsp3) is 0.464. The van der Waals surface area contributed by atoms with Crippen molar-refractivity contribution >= 4 is 22.5 Å². The summed E-state index contributed by atoms with van der Waals surface area (Å²) in [5.41, 5.74) is -0.878. The average molecular weight is 462 g/mol. The van der Waals surface area contributed by atoms with E-state index in [2.05, 4.69) is 0 Å². The summed E-state index contributed by atoms with van der Waals surface area (Å²) in [4.78, 5) is 39.7. The summed E-state index contributed by atoms with van der Waals surface area (Å²) >= 11 is 0. The van der Waals surface area contributed by atoms with Gasteiger partial charge in [-0.1, -0.05) is 38.5 Å². The maximum atomic E-state index is 13.4. The smallest absolute Gasteiger partial charge is 0.198 e. The number of ketones is 2. The van der Waals surface area contributed by atoms with E-state index in [9.17, 15) is 24.6 Å². The van der Waals surface area contributed by atoms with Gasteiger partial charge in [-0.2, -0.15) is 0 Å². The molecule has 6 heteroatoms. The summed E-state index contributed by atoms with van der Waals surface area (Å²) in [7, 11) is 1.84. The minimum absolute atomic E-state index is 0.0139.